The van der Waals surface area contributed by atoms with Crippen LogP contribution in [0.4, 0.5) is 10.1 Å². The summed E-state index contributed by atoms with van der Waals surface area (Å²) in [5.41, 5.74) is 1.35. The molecule has 1 aliphatic heterocycles. The Bertz CT molecular complexity index is 490. The van der Waals surface area contributed by atoms with Crippen LogP contribution in [0, 0.1) is 5.82 Å². The van der Waals surface area contributed by atoms with Gasteiger partial charge in [-0.25, -0.2) is 4.39 Å². The number of halogens is 1. The third kappa shape index (κ3) is 4.15. The van der Waals surface area contributed by atoms with E-state index in [1.807, 2.05) is 11.0 Å². The quantitative estimate of drug-likeness (QED) is 0.847. The van der Waals surface area contributed by atoms with Crippen molar-refractivity contribution in [2.45, 2.75) is 19.5 Å². The van der Waals surface area contributed by atoms with Crippen LogP contribution in [-0.2, 0) is 16.1 Å². The van der Waals surface area contributed by atoms with E-state index in [-0.39, 0.29) is 17.8 Å². The van der Waals surface area contributed by atoms with Crippen molar-refractivity contribution in [1.29, 1.82) is 0 Å². The average Bonchev–Trinajstić information content (AvgIpc) is 2.52. The summed E-state index contributed by atoms with van der Waals surface area (Å²) in [5.74, 6) is -0.361. The molecule has 116 valence electrons. The summed E-state index contributed by atoms with van der Waals surface area (Å²) in [6, 6.07) is 4.83. The maximum absolute atomic E-state index is 14.2. The number of nitrogens with zero attached hydrogens (tertiary/aromatic N) is 1. The number of hydrogen-bond acceptors (Lipinski definition) is 4. The van der Waals surface area contributed by atoms with E-state index in [9.17, 15) is 9.18 Å². The van der Waals surface area contributed by atoms with Crippen LogP contribution in [0.2, 0.25) is 0 Å². The maximum atomic E-state index is 14.2. The van der Waals surface area contributed by atoms with Gasteiger partial charge in [0.1, 0.15) is 5.82 Å². The molecule has 1 aromatic carbocycles. The van der Waals surface area contributed by atoms with Crippen molar-refractivity contribution in [2.24, 2.45) is 0 Å². The second-order valence-corrected chi connectivity index (χ2v) is 5.11. The van der Waals surface area contributed by atoms with Crippen LogP contribution in [0.25, 0.3) is 0 Å². The van der Waals surface area contributed by atoms with Crippen molar-refractivity contribution in [3.63, 3.8) is 0 Å². The van der Waals surface area contributed by atoms with Crippen LogP contribution < -0.4 is 15.5 Å². The SMILES string of the molecule is CNC(C)C(=O)NCc1ccc(N2CCOCC2)c(F)c1. The van der Waals surface area contributed by atoms with Crippen LogP contribution in [0.1, 0.15) is 12.5 Å². The van der Waals surface area contributed by atoms with Gasteiger partial charge in [-0.15, -0.1) is 0 Å². The van der Waals surface area contributed by atoms with Gasteiger partial charge in [-0.2, -0.15) is 0 Å². The van der Waals surface area contributed by atoms with Gasteiger partial charge < -0.3 is 20.3 Å². The predicted molar refractivity (Wildman–Crippen MR) is 79.8 cm³/mol. The Balaban J connectivity index is 1.97. The molecule has 0 bridgehead atoms. The molecular weight excluding hydrogens is 273 g/mol. The molecule has 1 fully saturated rings. The van der Waals surface area contributed by atoms with Crippen molar-refractivity contribution in [3.05, 3.63) is 29.6 Å². The number of ether oxygens (including phenoxy) is 1. The number of likely N-dealkylation sites (N-methyl/N-ethyl adjacent to an activating group) is 1. The van der Waals surface area contributed by atoms with E-state index in [0.29, 0.717) is 38.5 Å². The Kier molecular flexibility index (Phi) is 5.52. The van der Waals surface area contributed by atoms with E-state index in [2.05, 4.69) is 10.6 Å². The third-order valence-corrected chi connectivity index (χ3v) is 3.66. The van der Waals surface area contributed by atoms with E-state index in [0.717, 1.165) is 5.56 Å². The molecule has 0 spiro atoms. The van der Waals surface area contributed by atoms with Gasteiger partial charge in [-0.3, -0.25) is 4.79 Å². The molecule has 2 rings (SSSR count). The zero-order valence-electron chi connectivity index (χ0n) is 12.5. The second-order valence-electron chi connectivity index (χ2n) is 5.11. The van der Waals surface area contributed by atoms with E-state index >= 15 is 0 Å². The first-order valence-electron chi connectivity index (χ1n) is 7.18. The van der Waals surface area contributed by atoms with Crippen molar-refractivity contribution >= 4 is 11.6 Å². The summed E-state index contributed by atoms with van der Waals surface area (Å²) in [7, 11) is 1.72. The molecule has 6 heteroatoms. The molecule has 1 heterocycles. The van der Waals surface area contributed by atoms with Gasteiger partial charge >= 0.3 is 0 Å². The smallest absolute Gasteiger partial charge is 0.237 e. The predicted octanol–water partition coefficient (Wildman–Crippen LogP) is 0.886. The number of morpholine rings is 1. The summed E-state index contributed by atoms with van der Waals surface area (Å²) in [4.78, 5) is 13.6. The van der Waals surface area contributed by atoms with Crippen molar-refractivity contribution in [3.8, 4) is 0 Å². The first-order chi connectivity index (χ1) is 10.1. The molecule has 0 aliphatic carbocycles. The minimum Gasteiger partial charge on any atom is -0.378 e. The van der Waals surface area contributed by atoms with Crippen LogP contribution in [-0.4, -0.2) is 45.3 Å². The minimum absolute atomic E-state index is 0.102. The number of hydrogen-bond donors (Lipinski definition) is 2. The number of nitrogens with one attached hydrogen (secondary N) is 2. The standard InChI is InChI=1S/C15H22FN3O2/c1-11(17-2)15(20)18-10-12-3-4-14(13(16)9-12)19-5-7-21-8-6-19/h3-4,9,11,17H,5-8,10H2,1-2H3,(H,18,20). The second kappa shape index (κ2) is 7.38. The topological polar surface area (TPSA) is 53.6 Å². The fourth-order valence-corrected chi connectivity index (χ4v) is 2.19. The van der Waals surface area contributed by atoms with Gasteiger partial charge in [0.15, 0.2) is 0 Å². The Labute approximate surface area is 124 Å². The summed E-state index contributed by atoms with van der Waals surface area (Å²) < 4.78 is 19.4. The van der Waals surface area contributed by atoms with Crippen molar-refractivity contribution in [1.82, 2.24) is 10.6 Å². The van der Waals surface area contributed by atoms with Gasteiger partial charge in [-0.1, -0.05) is 6.07 Å². The highest BCUT2D eigenvalue weighted by atomic mass is 19.1. The lowest BCUT2D eigenvalue weighted by Gasteiger charge is -2.29. The minimum atomic E-state index is -0.262. The van der Waals surface area contributed by atoms with E-state index in [1.165, 1.54) is 6.07 Å². The molecule has 1 aliphatic rings. The number of carbonyl (C=O) groups is 1. The largest absolute Gasteiger partial charge is 0.378 e. The van der Waals surface area contributed by atoms with Crippen LogP contribution in [0.5, 0.6) is 0 Å². The molecule has 0 radical (unpaired) electrons. The van der Waals surface area contributed by atoms with Gasteiger partial charge in [0.05, 0.1) is 24.9 Å². The Morgan fingerprint density at radius 3 is 2.76 bits per heavy atom. The summed E-state index contributed by atoms with van der Waals surface area (Å²) in [6.07, 6.45) is 0. The molecular formula is C15H22FN3O2. The number of carbonyl (C=O) groups excluding carboxylic acids is 1. The summed E-state index contributed by atoms with van der Waals surface area (Å²) in [5, 5.41) is 5.63. The highest BCUT2D eigenvalue weighted by Crippen LogP contribution is 2.21. The van der Waals surface area contributed by atoms with Gasteiger partial charge in [-0.05, 0) is 31.7 Å². The summed E-state index contributed by atoms with van der Waals surface area (Å²) >= 11 is 0. The highest BCUT2D eigenvalue weighted by Gasteiger charge is 2.15. The number of anilines is 1. The number of benzene rings is 1. The van der Waals surface area contributed by atoms with Gasteiger partial charge in [0.2, 0.25) is 5.91 Å². The van der Waals surface area contributed by atoms with Gasteiger partial charge in [0.25, 0.3) is 0 Å². The Morgan fingerprint density at radius 2 is 2.14 bits per heavy atom. The molecule has 2 N–H and O–H groups in total. The first kappa shape index (κ1) is 15.7. The molecule has 1 saturated heterocycles. The molecule has 5 nitrogen and oxygen atoms in total. The van der Waals surface area contributed by atoms with E-state index in [4.69, 9.17) is 4.74 Å². The zero-order valence-corrected chi connectivity index (χ0v) is 12.5. The fraction of sp³-hybridized carbons (Fsp3) is 0.533. The molecule has 1 amide bonds. The zero-order chi connectivity index (χ0) is 15.2. The molecule has 0 aromatic heterocycles. The Morgan fingerprint density at radius 1 is 1.43 bits per heavy atom. The van der Waals surface area contributed by atoms with Crippen molar-refractivity contribution in [2.75, 3.05) is 38.3 Å². The number of rotatable bonds is 5. The first-order valence-corrected chi connectivity index (χ1v) is 7.18. The maximum Gasteiger partial charge on any atom is 0.237 e. The normalized spacial score (nSPS) is 16.6. The van der Waals surface area contributed by atoms with Crippen LogP contribution in [0.3, 0.4) is 0 Å². The third-order valence-electron chi connectivity index (χ3n) is 3.66. The fourth-order valence-electron chi connectivity index (χ4n) is 2.19. The molecule has 0 saturated carbocycles. The average molecular weight is 295 g/mol. The van der Waals surface area contributed by atoms with Crippen LogP contribution >= 0.6 is 0 Å². The molecule has 1 atom stereocenters. The highest BCUT2D eigenvalue weighted by molar-refractivity contribution is 5.81. The lowest BCUT2D eigenvalue weighted by Crippen LogP contribution is -2.40. The molecule has 1 aromatic rings. The number of amides is 1. The van der Waals surface area contributed by atoms with Crippen LogP contribution in [0.15, 0.2) is 18.2 Å². The molecule has 1 unspecified atom stereocenters. The monoisotopic (exact) mass is 295 g/mol. The summed E-state index contributed by atoms with van der Waals surface area (Å²) in [6.45, 7) is 4.75. The van der Waals surface area contributed by atoms with Crippen molar-refractivity contribution < 1.29 is 13.9 Å². The lowest BCUT2D eigenvalue weighted by atomic mass is 10.1. The van der Waals surface area contributed by atoms with E-state index < -0.39 is 0 Å². The lowest BCUT2D eigenvalue weighted by molar-refractivity contribution is -0.122. The van der Waals surface area contributed by atoms with Gasteiger partial charge in [0, 0.05) is 19.6 Å². The Hall–Kier alpha value is -1.66. The molecule has 21 heavy (non-hydrogen) atoms. The van der Waals surface area contributed by atoms with E-state index in [1.54, 1.807) is 20.0 Å².